The predicted octanol–water partition coefficient (Wildman–Crippen LogP) is 3.10. The molecule has 2 aromatic rings. The molecule has 0 radical (unpaired) electrons. The van der Waals surface area contributed by atoms with Crippen molar-refractivity contribution in [1.82, 2.24) is 10.2 Å². The zero-order chi connectivity index (χ0) is 19.6. The molecule has 6 heteroatoms. The van der Waals surface area contributed by atoms with Crippen molar-refractivity contribution in [2.75, 3.05) is 11.9 Å². The Morgan fingerprint density at radius 3 is 2.44 bits per heavy atom. The van der Waals surface area contributed by atoms with Crippen molar-refractivity contribution >= 4 is 23.5 Å². The van der Waals surface area contributed by atoms with Crippen LogP contribution in [0.15, 0.2) is 48.5 Å². The topological polar surface area (TPSA) is 78.5 Å². The monoisotopic (exact) mass is 365 g/mol. The highest BCUT2D eigenvalue weighted by Crippen LogP contribution is 2.32. The molecule has 1 atom stereocenters. The van der Waals surface area contributed by atoms with E-state index in [0.717, 1.165) is 16.0 Å². The number of nitrogens with zero attached hydrogens (tertiary/aromatic N) is 1. The van der Waals surface area contributed by atoms with E-state index in [9.17, 15) is 14.4 Å². The molecule has 2 aromatic carbocycles. The number of urea groups is 1. The molecule has 1 saturated heterocycles. The zero-order valence-corrected chi connectivity index (χ0v) is 15.7. The second kappa shape index (κ2) is 7.23. The van der Waals surface area contributed by atoms with E-state index < -0.39 is 23.4 Å². The molecule has 140 valence electrons. The maximum Gasteiger partial charge on any atom is 0.325 e. The number of aryl methyl sites for hydroxylation is 2. The van der Waals surface area contributed by atoms with Crippen molar-refractivity contribution < 1.29 is 14.4 Å². The molecule has 3 rings (SSSR count). The lowest BCUT2D eigenvalue weighted by atomic mass is 9.87. The van der Waals surface area contributed by atoms with E-state index in [0.29, 0.717) is 17.7 Å². The van der Waals surface area contributed by atoms with Crippen LogP contribution in [0.4, 0.5) is 10.5 Å². The van der Waals surface area contributed by atoms with E-state index in [-0.39, 0.29) is 6.54 Å². The second-order valence-corrected chi connectivity index (χ2v) is 6.81. The summed E-state index contributed by atoms with van der Waals surface area (Å²) in [5, 5.41) is 5.56. The van der Waals surface area contributed by atoms with Gasteiger partial charge in [-0.25, -0.2) is 4.79 Å². The third-order valence-corrected chi connectivity index (χ3v) is 4.93. The average molecular weight is 365 g/mol. The number of nitrogens with one attached hydrogen (secondary N) is 2. The van der Waals surface area contributed by atoms with Gasteiger partial charge in [0.05, 0.1) is 0 Å². The van der Waals surface area contributed by atoms with Gasteiger partial charge in [-0.3, -0.25) is 14.5 Å². The van der Waals surface area contributed by atoms with Gasteiger partial charge in [0, 0.05) is 5.69 Å². The van der Waals surface area contributed by atoms with Crippen LogP contribution in [0.5, 0.6) is 0 Å². The molecule has 1 fully saturated rings. The molecule has 0 saturated carbocycles. The van der Waals surface area contributed by atoms with Gasteiger partial charge in [0.15, 0.2) is 0 Å². The molecule has 1 aliphatic heterocycles. The van der Waals surface area contributed by atoms with Gasteiger partial charge in [-0.15, -0.1) is 0 Å². The van der Waals surface area contributed by atoms with Gasteiger partial charge in [0.2, 0.25) is 5.91 Å². The SMILES string of the molecule is CC[C@]1(c2ccccc2)NC(=O)N(CC(=O)Nc2ccc(C)cc2C)C1=O. The standard InChI is InChI=1S/C21H23N3O3/c1-4-21(16-8-6-5-7-9-16)19(26)24(20(27)23-21)13-18(25)22-17-11-10-14(2)12-15(17)3/h5-12H,4,13H2,1-3H3,(H,22,25)(H,23,27)/t21-/m1/s1. The Bertz CT molecular complexity index is 895. The Morgan fingerprint density at radius 2 is 1.81 bits per heavy atom. The van der Waals surface area contributed by atoms with Crippen LogP contribution >= 0.6 is 0 Å². The highest BCUT2D eigenvalue weighted by atomic mass is 16.2. The first kappa shape index (κ1) is 18.6. The summed E-state index contributed by atoms with van der Waals surface area (Å²) in [6.45, 7) is 5.38. The first-order valence-electron chi connectivity index (χ1n) is 8.94. The van der Waals surface area contributed by atoms with Crippen LogP contribution in [0.1, 0.15) is 30.0 Å². The number of carbonyl (C=O) groups excluding carboxylic acids is 3. The Kier molecular flexibility index (Phi) is 4.99. The van der Waals surface area contributed by atoms with Crippen LogP contribution in [-0.4, -0.2) is 29.3 Å². The number of amides is 4. The van der Waals surface area contributed by atoms with Crippen molar-refractivity contribution in [3.63, 3.8) is 0 Å². The largest absolute Gasteiger partial charge is 0.325 e. The third-order valence-electron chi connectivity index (χ3n) is 4.93. The molecule has 1 heterocycles. The molecule has 0 aromatic heterocycles. The highest BCUT2D eigenvalue weighted by Gasteiger charge is 2.51. The van der Waals surface area contributed by atoms with Crippen LogP contribution in [0.25, 0.3) is 0 Å². The summed E-state index contributed by atoms with van der Waals surface area (Å²) in [5.74, 6) is -0.817. The van der Waals surface area contributed by atoms with E-state index in [4.69, 9.17) is 0 Å². The van der Waals surface area contributed by atoms with E-state index >= 15 is 0 Å². The molecule has 27 heavy (non-hydrogen) atoms. The van der Waals surface area contributed by atoms with E-state index in [2.05, 4.69) is 10.6 Å². The number of hydrogen-bond acceptors (Lipinski definition) is 3. The van der Waals surface area contributed by atoms with Gasteiger partial charge >= 0.3 is 6.03 Å². The molecule has 4 amide bonds. The number of benzene rings is 2. The molecule has 6 nitrogen and oxygen atoms in total. The fourth-order valence-electron chi connectivity index (χ4n) is 3.42. The van der Waals surface area contributed by atoms with Gasteiger partial charge in [-0.05, 0) is 37.5 Å². The summed E-state index contributed by atoms with van der Waals surface area (Å²) in [7, 11) is 0. The van der Waals surface area contributed by atoms with Gasteiger partial charge in [0.1, 0.15) is 12.1 Å². The minimum atomic E-state index is -1.13. The Morgan fingerprint density at radius 1 is 1.11 bits per heavy atom. The minimum absolute atomic E-state index is 0.327. The van der Waals surface area contributed by atoms with Gasteiger partial charge in [-0.1, -0.05) is 55.0 Å². The van der Waals surface area contributed by atoms with Crippen molar-refractivity contribution in [3.05, 3.63) is 65.2 Å². The highest BCUT2D eigenvalue weighted by molar-refractivity contribution is 6.10. The van der Waals surface area contributed by atoms with Crippen molar-refractivity contribution in [3.8, 4) is 0 Å². The van der Waals surface area contributed by atoms with Crippen molar-refractivity contribution in [1.29, 1.82) is 0 Å². The molecule has 0 spiro atoms. The first-order chi connectivity index (χ1) is 12.9. The first-order valence-corrected chi connectivity index (χ1v) is 8.94. The van der Waals surface area contributed by atoms with Crippen LogP contribution < -0.4 is 10.6 Å². The Hall–Kier alpha value is -3.15. The van der Waals surface area contributed by atoms with Crippen LogP contribution in [0.3, 0.4) is 0 Å². The van der Waals surface area contributed by atoms with Crippen molar-refractivity contribution in [2.45, 2.75) is 32.7 Å². The van der Waals surface area contributed by atoms with Gasteiger partial charge in [0.25, 0.3) is 5.91 Å². The predicted molar refractivity (Wildman–Crippen MR) is 103 cm³/mol. The maximum absolute atomic E-state index is 13.0. The summed E-state index contributed by atoms with van der Waals surface area (Å²) in [4.78, 5) is 38.9. The number of imide groups is 1. The van der Waals surface area contributed by atoms with Crippen LogP contribution in [0.2, 0.25) is 0 Å². The van der Waals surface area contributed by atoms with Crippen LogP contribution in [0, 0.1) is 13.8 Å². The fourth-order valence-corrected chi connectivity index (χ4v) is 3.42. The quantitative estimate of drug-likeness (QED) is 0.799. The Labute approximate surface area is 158 Å². The molecule has 2 N–H and O–H groups in total. The summed E-state index contributed by atoms with van der Waals surface area (Å²) >= 11 is 0. The lowest BCUT2D eigenvalue weighted by Crippen LogP contribution is -2.44. The van der Waals surface area contributed by atoms with Crippen LogP contribution in [-0.2, 0) is 15.1 Å². The fraction of sp³-hybridized carbons (Fsp3) is 0.286. The lowest BCUT2D eigenvalue weighted by Gasteiger charge is -2.25. The van der Waals surface area contributed by atoms with Gasteiger partial charge < -0.3 is 10.6 Å². The molecule has 0 bridgehead atoms. The average Bonchev–Trinajstić information content (AvgIpc) is 2.90. The Balaban J connectivity index is 1.78. The van der Waals surface area contributed by atoms with E-state index in [1.54, 1.807) is 12.1 Å². The molecule has 1 aliphatic rings. The third kappa shape index (κ3) is 3.43. The van der Waals surface area contributed by atoms with E-state index in [1.165, 1.54) is 0 Å². The lowest BCUT2D eigenvalue weighted by molar-refractivity contribution is -0.134. The smallest absolute Gasteiger partial charge is 0.324 e. The number of hydrogen-bond donors (Lipinski definition) is 2. The minimum Gasteiger partial charge on any atom is -0.324 e. The molecule has 0 aliphatic carbocycles. The van der Waals surface area contributed by atoms with Gasteiger partial charge in [-0.2, -0.15) is 0 Å². The number of rotatable bonds is 5. The second-order valence-electron chi connectivity index (χ2n) is 6.81. The molecule has 0 unspecified atom stereocenters. The summed E-state index contributed by atoms with van der Waals surface area (Å²) in [6.07, 6.45) is 0.400. The summed E-state index contributed by atoms with van der Waals surface area (Å²) in [6, 6.07) is 14.2. The number of carbonyl (C=O) groups is 3. The number of anilines is 1. The molecular formula is C21H23N3O3. The summed E-state index contributed by atoms with van der Waals surface area (Å²) < 4.78 is 0. The van der Waals surface area contributed by atoms with E-state index in [1.807, 2.05) is 57.2 Å². The molecular weight excluding hydrogens is 342 g/mol. The van der Waals surface area contributed by atoms with Crippen molar-refractivity contribution in [2.24, 2.45) is 0 Å². The maximum atomic E-state index is 13.0. The zero-order valence-electron chi connectivity index (χ0n) is 15.7. The summed E-state index contributed by atoms with van der Waals surface area (Å²) in [5.41, 5.74) is 2.27. The normalized spacial score (nSPS) is 19.1.